The normalized spacial score (nSPS) is 14.5. The Morgan fingerprint density at radius 2 is 2.55 bits per heavy atom. The molecular formula is C7H8ClN3. The first-order valence-electron chi connectivity index (χ1n) is 3.38. The molecule has 0 bridgehead atoms. The molecule has 1 aliphatic rings. The lowest BCUT2D eigenvalue weighted by atomic mass is 10.3. The molecule has 2 rings (SSSR count). The van der Waals surface area contributed by atoms with Crippen LogP contribution < -0.4 is 10.2 Å². The summed E-state index contributed by atoms with van der Waals surface area (Å²) >= 11 is 5.87. The maximum absolute atomic E-state index is 5.87. The molecule has 0 fully saturated rings. The summed E-state index contributed by atoms with van der Waals surface area (Å²) in [5, 5.41) is 3.76. The molecular weight excluding hydrogens is 162 g/mol. The minimum absolute atomic E-state index is 0.565. The Morgan fingerprint density at radius 3 is 3.27 bits per heavy atom. The highest BCUT2D eigenvalue weighted by atomic mass is 35.5. The van der Waals surface area contributed by atoms with Crippen LogP contribution in [0.3, 0.4) is 0 Å². The van der Waals surface area contributed by atoms with E-state index >= 15 is 0 Å². The standard InChI is InChI=1S/C7H8ClN3/c1-11-4-10-5-2-3-9-7(8)6(5)11/h2-3,10H,4H2,1H3. The predicted octanol–water partition coefficient (Wildman–Crippen LogP) is 1.55. The number of nitrogens with one attached hydrogen (secondary N) is 1. The topological polar surface area (TPSA) is 28.2 Å². The van der Waals surface area contributed by atoms with Crippen LogP contribution in [0.4, 0.5) is 11.4 Å². The number of rotatable bonds is 0. The van der Waals surface area contributed by atoms with E-state index in [1.54, 1.807) is 6.20 Å². The summed E-state index contributed by atoms with van der Waals surface area (Å²) in [6.07, 6.45) is 1.70. The van der Waals surface area contributed by atoms with E-state index in [1.807, 2.05) is 18.0 Å². The summed E-state index contributed by atoms with van der Waals surface area (Å²) < 4.78 is 0. The van der Waals surface area contributed by atoms with E-state index in [9.17, 15) is 0 Å². The van der Waals surface area contributed by atoms with E-state index in [1.165, 1.54) is 0 Å². The average molecular weight is 170 g/mol. The van der Waals surface area contributed by atoms with Gasteiger partial charge in [-0.25, -0.2) is 4.98 Å². The van der Waals surface area contributed by atoms with Gasteiger partial charge >= 0.3 is 0 Å². The number of fused-ring (bicyclic) bond motifs is 1. The van der Waals surface area contributed by atoms with Crippen LogP contribution in [0.2, 0.25) is 5.15 Å². The van der Waals surface area contributed by atoms with Crippen molar-refractivity contribution in [3.8, 4) is 0 Å². The first kappa shape index (κ1) is 6.73. The first-order chi connectivity index (χ1) is 5.29. The highest BCUT2D eigenvalue weighted by Gasteiger charge is 2.17. The highest BCUT2D eigenvalue weighted by Crippen LogP contribution is 2.34. The minimum Gasteiger partial charge on any atom is -0.366 e. The summed E-state index contributed by atoms with van der Waals surface area (Å²) in [4.78, 5) is 6.02. The zero-order valence-corrected chi connectivity index (χ0v) is 6.89. The van der Waals surface area contributed by atoms with E-state index in [2.05, 4.69) is 10.3 Å². The molecule has 0 radical (unpaired) electrons. The first-order valence-corrected chi connectivity index (χ1v) is 3.76. The largest absolute Gasteiger partial charge is 0.366 e. The van der Waals surface area contributed by atoms with Gasteiger partial charge in [0.05, 0.1) is 18.0 Å². The van der Waals surface area contributed by atoms with Crippen LogP contribution in [0.1, 0.15) is 0 Å². The van der Waals surface area contributed by atoms with Gasteiger partial charge in [-0.15, -0.1) is 0 Å². The molecule has 1 N–H and O–H groups in total. The van der Waals surface area contributed by atoms with Crippen molar-refractivity contribution in [2.45, 2.75) is 0 Å². The van der Waals surface area contributed by atoms with Crippen molar-refractivity contribution in [2.75, 3.05) is 23.9 Å². The van der Waals surface area contributed by atoms with Gasteiger partial charge in [0.2, 0.25) is 0 Å². The number of hydrogen-bond donors (Lipinski definition) is 1. The second kappa shape index (κ2) is 2.27. The molecule has 0 atom stereocenters. The smallest absolute Gasteiger partial charge is 0.154 e. The second-order valence-corrected chi connectivity index (χ2v) is 2.89. The number of halogens is 1. The molecule has 1 aliphatic heterocycles. The van der Waals surface area contributed by atoms with Gasteiger partial charge < -0.3 is 10.2 Å². The molecule has 58 valence electrons. The SMILES string of the molecule is CN1CNc2ccnc(Cl)c21. The summed E-state index contributed by atoms with van der Waals surface area (Å²) in [6, 6.07) is 1.92. The highest BCUT2D eigenvalue weighted by molar-refractivity contribution is 6.32. The fourth-order valence-electron chi connectivity index (χ4n) is 1.22. The van der Waals surface area contributed by atoms with Gasteiger partial charge in [0.15, 0.2) is 5.15 Å². The van der Waals surface area contributed by atoms with Gasteiger partial charge in [-0.1, -0.05) is 11.6 Å². The zero-order chi connectivity index (χ0) is 7.84. The van der Waals surface area contributed by atoms with E-state index in [4.69, 9.17) is 11.6 Å². The number of pyridine rings is 1. The lowest BCUT2D eigenvalue weighted by Crippen LogP contribution is -2.16. The van der Waals surface area contributed by atoms with Crippen LogP contribution in [0.5, 0.6) is 0 Å². The summed E-state index contributed by atoms with van der Waals surface area (Å²) in [7, 11) is 1.98. The van der Waals surface area contributed by atoms with Gasteiger partial charge in [0.25, 0.3) is 0 Å². The van der Waals surface area contributed by atoms with Crippen LogP contribution in [0.15, 0.2) is 12.3 Å². The molecule has 0 aliphatic carbocycles. The lowest BCUT2D eigenvalue weighted by molar-refractivity contribution is 1.03. The maximum atomic E-state index is 5.87. The molecule has 2 heterocycles. The van der Waals surface area contributed by atoms with Crippen molar-refractivity contribution in [1.29, 1.82) is 0 Å². The molecule has 11 heavy (non-hydrogen) atoms. The monoisotopic (exact) mass is 169 g/mol. The van der Waals surface area contributed by atoms with Crippen LogP contribution in [-0.4, -0.2) is 18.7 Å². The van der Waals surface area contributed by atoms with Crippen molar-refractivity contribution < 1.29 is 0 Å². The maximum Gasteiger partial charge on any atom is 0.154 e. The van der Waals surface area contributed by atoms with Gasteiger partial charge in [0.1, 0.15) is 0 Å². The Bertz CT molecular complexity index is 287. The van der Waals surface area contributed by atoms with Gasteiger partial charge in [-0.05, 0) is 6.07 Å². The Hall–Kier alpha value is -0.960. The van der Waals surface area contributed by atoms with Crippen LogP contribution >= 0.6 is 11.6 Å². The third-order valence-corrected chi connectivity index (χ3v) is 2.04. The third kappa shape index (κ3) is 0.922. The third-order valence-electron chi connectivity index (χ3n) is 1.77. The van der Waals surface area contributed by atoms with Crippen LogP contribution in [0.25, 0.3) is 0 Å². The molecule has 4 heteroatoms. The fraction of sp³-hybridized carbons (Fsp3) is 0.286. The molecule has 0 aromatic carbocycles. The quantitative estimate of drug-likeness (QED) is 0.598. The molecule has 0 saturated carbocycles. The summed E-state index contributed by atoms with van der Waals surface area (Å²) in [5.74, 6) is 0. The number of nitrogens with zero attached hydrogens (tertiary/aromatic N) is 2. The van der Waals surface area contributed by atoms with Gasteiger partial charge in [0, 0.05) is 13.2 Å². The molecule has 1 aromatic rings. The van der Waals surface area contributed by atoms with Crippen molar-refractivity contribution in [3.05, 3.63) is 17.4 Å². The second-order valence-electron chi connectivity index (χ2n) is 2.53. The molecule has 3 nitrogen and oxygen atoms in total. The van der Waals surface area contributed by atoms with E-state index in [0.717, 1.165) is 18.0 Å². The molecule has 0 spiro atoms. The number of anilines is 2. The van der Waals surface area contributed by atoms with E-state index in [0.29, 0.717) is 5.15 Å². The minimum atomic E-state index is 0.565. The van der Waals surface area contributed by atoms with E-state index in [-0.39, 0.29) is 0 Å². The van der Waals surface area contributed by atoms with E-state index < -0.39 is 0 Å². The predicted molar refractivity (Wildman–Crippen MR) is 46.1 cm³/mol. The molecule has 1 aromatic heterocycles. The van der Waals surface area contributed by atoms with Gasteiger partial charge in [-0.2, -0.15) is 0 Å². The zero-order valence-electron chi connectivity index (χ0n) is 6.13. The number of aromatic nitrogens is 1. The Morgan fingerprint density at radius 1 is 1.73 bits per heavy atom. The van der Waals surface area contributed by atoms with Gasteiger partial charge in [-0.3, -0.25) is 0 Å². The lowest BCUT2D eigenvalue weighted by Gasteiger charge is -2.09. The summed E-state index contributed by atoms with van der Waals surface area (Å²) in [6.45, 7) is 0.806. The summed E-state index contributed by atoms with van der Waals surface area (Å²) in [5.41, 5.74) is 2.06. The fourth-order valence-corrected chi connectivity index (χ4v) is 1.52. The van der Waals surface area contributed by atoms with Crippen molar-refractivity contribution in [3.63, 3.8) is 0 Å². The average Bonchev–Trinajstić information content (AvgIpc) is 2.34. The Balaban J connectivity index is 2.58. The van der Waals surface area contributed by atoms with Crippen molar-refractivity contribution >= 4 is 23.0 Å². The van der Waals surface area contributed by atoms with Crippen molar-refractivity contribution in [1.82, 2.24) is 4.98 Å². The van der Waals surface area contributed by atoms with Crippen molar-refractivity contribution in [2.24, 2.45) is 0 Å². The van der Waals surface area contributed by atoms with Crippen LogP contribution in [-0.2, 0) is 0 Å². The van der Waals surface area contributed by atoms with Crippen LogP contribution in [0, 0.1) is 0 Å². The number of hydrogen-bond acceptors (Lipinski definition) is 3. The molecule has 0 amide bonds. The Labute approximate surface area is 70.0 Å². The Kier molecular flexibility index (Phi) is 1.39. The molecule has 0 unspecified atom stereocenters. The molecule has 0 saturated heterocycles.